The zero-order chi connectivity index (χ0) is 10.7. The summed E-state index contributed by atoms with van der Waals surface area (Å²) in [6.45, 7) is 2.07. The van der Waals surface area contributed by atoms with Crippen LogP contribution in [0.25, 0.3) is 0 Å². The molecule has 1 N–H and O–H groups in total. The van der Waals surface area contributed by atoms with Crippen LogP contribution < -0.4 is 5.32 Å². The highest BCUT2D eigenvalue weighted by atomic mass is 32.1. The summed E-state index contributed by atoms with van der Waals surface area (Å²) < 4.78 is 0. The Kier molecular flexibility index (Phi) is 3.76. The van der Waals surface area contributed by atoms with Crippen LogP contribution >= 0.6 is 11.3 Å². The topological polar surface area (TPSA) is 24.9 Å². The minimum atomic E-state index is 0.621. The van der Waals surface area contributed by atoms with Crippen molar-refractivity contribution in [2.24, 2.45) is 5.92 Å². The molecule has 1 saturated carbocycles. The van der Waals surface area contributed by atoms with Crippen LogP contribution in [0.1, 0.15) is 36.4 Å². The second-order valence-corrected chi connectivity index (χ2v) is 5.54. The highest BCUT2D eigenvalue weighted by Crippen LogP contribution is 2.34. The molecule has 0 spiro atoms. The molecule has 3 heteroatoms. The molecule has 0 radical (unpaired) electrons. The summed E-state index contributed by atoms with van der Waals surface area (Å²) in [6, 6.07) is 0.621. The van der Waals surface area contributed by atoms with Crippen molar-refractivity contribution in [2.75, 3.05) is 7.05 Å². The summed E-state index contributed by atoms with van der Waals surface area (Å²) in [4.78, 5) is 4.52. The second-order valence-electron chi connectivity index (χ2n) is 4.59. The Morgan fingerprint density at radius 3 is 2.93 bits per heavy atom. The molecule has 1 atom stereocenters. The Bertz CT molecular complexity index is 304. The van der Waals surface area contributed by atoms with Gasteiger partial charge in [-0.2, -0.15) is 0 Å². The summed E-state index contributed by atoms with van der Waals surface area (Å²) >= 11 is 1.79. The molecule has 0 aromatic carbocycles. The monoisotopic (exact) mass is 224 g/mol. The van der Waals surface area contributed by atoms with Crippen molar-refractivity contribution < 1.29 is 0 Å². The van der Waals surface area contributed by atoms with E-state index < -0.39 is 0 Å². The van der Waals surface area contributed by atoms with Crippen molar-refractivity contribution in [2.45, 2.75) is 45.1 Å². The quantitative estimate of drug-likeness (QED) is 0.803. The van der Waals surface area contributed by atoms with E-state index in [-0.39, 0.29) is 0 Å². The van der Waals surface area contributed by atoms with E-state index in [1.807, 2.05) is 0 Å². The molecule has 2 nitrogen and oxygen atoms in total. The first-order valence-electron chi connectivity index (χ1n) is 5.86. The Balaban J connectivity index is 1.78. The number of nitrogens with zero attached hydrogens (tertiary/aromatic N) is 1. The average molecular weight is 224 g/mol. The Labute approximate surface area is 96.1 Å². The molecule has 84 valence electrons. The van der Waals surface area contributed by atoms with Gasteiger partial charge in [0.1, 0.15) is 0 Å². The zero-order valence-corrected chi connectivity index (χ0v) is 10.4. The smallest absolute Gasteiger partial charge is 0.0943 e. The number of aryl methyl sites for hydroxylation is 1. The molecule has 1 aliphatic rings. The fourth-order valence-corrected chi connectivity index (χ4v) is 2.75. The van der Waals surface area contributed by atoms with Crippen molar-refractivity contribution in [1.82, 2.24) is 10.3 Å². The number of hydrogen-bond acceptors (Lipinski definition) is 3. The van der Waals surface area contributed by atoms with Crippen LogP contribution in [-0.2, 0) is 6.42 Å². The first-order chi connectivity index (χ1) is 7.28. The first-order valence-corrected chi connectivity index (χ1v) is 6.74. The lowest BCUT2D eigenvalue weighted by atomic mass is 10.1. The minimum Gasteiger partial charge on any atom is -0.317 e. The Morgan fingerprint density at radius 2 is 2.40 bits per heavy atom. The van der Waals surface area contributed by atoms with Crippen molar-refractivity contribution in [3.63, 3.8) is 0 Å². The molecule has 1 unspecified atom stereocenters. The molecule has 1 aliphatic carbocycles. The van der Waals surface area contributed by atoms with Gasteiger partial charge in [0, 0.05) is 23.5 Å². The van der Waals surface area contributed by atoms with Crippen LogP contribution in [0.2, 0.25) is 0 Å². The molecular formula is C12H20N2S. The molecule has 1 aromatic heterocycles. The number of rotatable bonds is 6. The largest absolute Gasteiger partial charge is 0.317 e. The molecule has 1 aromatic rings. The van der Waals surface area contributed by atoms with Crippen LogP contribution in [0.3, 0.4) is 0 Å². The lowest BCUT2D eigenvalue weighted by Crippen LogP contribution is -2.27. The van der Waals surface area contributed by atoms with E-state index in [0.717, 1.165) is 18.0 Å². The Morgan fingerprint density at radius 1 is 1.60 bits per heavy atom. The molecule has 0 amide bonds. The summed E-state index contributed by atoms with van der Waals surface area (Å²) in [6.07, 6.45) is 6.73. The molecule has 0 saturated heterocycles. The molecule has 15 heavy (non-hydrogen) atoms. The average Bonchev–Trinajstić information content (AvgIpc) is 2.97. The van der Waals surface area contributed by atoms with Gasteiger partial charge < -0.3 is 5.32 Å². The maximum absolute atomic E-state index is 4.52. The van der Waals surface area contributed by atoms with Crippen molar-refractivity contribution in [1.29, 1.82) is 0 Å². The fourth-order valence-electron chi connectivity index (χ4n) is 1.90. The maximum atomic E-state index is 4.52. The van der Waals surface area contributed by atoms with Crippen molar-refractivity contribution >= 4 is 11.3 Å². The molecular weight excluding hydrogens is 204 g/mol. The van der Waals surface area contributed by atoms with E-state index in [9.17, 15) is 0 Å². The summed E-state index contributed by atoms with van der Waals surface area (Å²) in [5, 5.41) is 6.83. The molecule has 1 fully saturated rings. The van der Waals surface area contributed by atoms with Gasteiger partial charge in [-0.1, -0.05) is 12.8 Å². The summed E-state index contributed by atoms with van der Waals surface area (Å²) in [5.74, 6) is 1.04. The normalized spacial score (nSPS) is 18.0. The number of nitrogens with one attached hydrogen (secondary N) is 1. The summed E-state index contributed by atoms with van der Waals surface area (Å²) in [7, 11) is 2.07. The lowest BCUT2D eigenvalue weighted by Gasteiger charge is -2.14. The third kappa shape index (κ3) is 3.58. The molecule has 0 aliphatic heterocycles. The van der Waals surface area contributed by atoms with Gasteiger partial charge in [-0.3, -0.25) is 0 Å². The van der Waals surface area contributed by atoms with Gasteiger partial charge in [0.15, 0.2) is 0 Å². The van der Waals surface area contributed by atoms with Crippen LogP contribution in [0, 0.1) is 12.8 Å². The molecule has 1 heterocycles. The number of aromatic nitrogens is 1. The van der Waals surface area contributed by atoms with Gasteiger partial charge in [0.2, 0.25) is 0 Å². The van der Waals surface area contributed by atoms with Gasteiger partial charge in [-0.25, -0.2) is 4.98 Å². The molecule has 0 bridgehead atoms. The molecule has 2 rings (SSSR count). The van der Waals surface area contributed by atoms with Gasteiger partial charge >= 0.3 is 0 Å². The highest BCUT2D eigenvalue weighted by molar-refractivity contribution is 7.09. The zero-order valence-electron chi connectivity index (χ0n) is 9.62. The number of likely N-dealkylation sites (N-methyl/N-ethyl adjacent to an activating group) is 1. The van der Waals surface area contributed by atoms with Gasteiger partial charge in [-0.05, 0) is 32.7 Å². The third-order valence-electron chi connectivity index (χ3n) is 3.12. The van der Waals surface area contributed by atoms with Gasteiger partial charge in [0.25, 0.3) is 0 Å². The number of thiazole rings is 1. The van der Waals surface area contributed by atoms with E-state index in [1.165, 1.54) is 30.7 Å². The maximum Gasteiger partial charge on any atom is 0.0943 e. The third-order valence-corrected chi connectivity index (χ3v) is 4.11. The van der Waals surface area contributed by atoms with Crippen LogP contribution in [-0.4, -0.2) is 18.1 Å². The first kappa shape index (κ1) is 11.1. The summed E-state index contributed by atoms with van der Waals surface area (Å²) in [5.41, 5.74) is 1.16. The van der Waals surface area contributed by atoms with Crippen LogP contribution in [0.5, 0.6) is 0 Å². The van der Waals surface area contributed by atoms with E-state index in [2.05, 4.69) is 29.7 Å². The Hall–Kier alpha value is -0.410. The predicted molar refractivity (Wildman–Crippen MR) is 65.4 cm³/mol. The van der Waals surface area contributed by atoms with Crippen molar-refractivity contribution in [3.05, 3.63) is 16.1 Å². The van der Waals surface area contributed by atoms with E-state index in [0.29, 0.717) is 6.04 Å². The highest BCUT2D eigenvalue weighted by Gasteiger charge is 2.22. The van der Waals surface area contributed by atoms with Crippen LogP contribution in [0.4, 0.5) is 0 Å². The van der Waals surface area contributed by atoms with Gasteiger partial charge in [0.05, 0.1) is 5.01 Å². The minimum absolute atomic E-state index is 0.621. The van der Waals surface area contributed by atoms with Crippen molar-refractivity contribution in [3.8, 4) is 0 Å². The second kappa shape index (κ2) is 5.08. The van der Waals surface area contributed by atoms with Crippen LogP contribution in [0.15, 0.2) is 5.38 Å². The van der Waals surface area contributed by atoms with Gasteiger partial charge in [-0.15, -0.1) is 11.3 Å². The predicted octanol–water partition coefficient (Wildman–Crippen LogP) is 2.77. The van der Waals surface area contributed by atoms with E-state index in [4.69, 9.17) is 0 Å². The van der Waals surface area contributed by atoms with E-state index >= 15 is 0 Å². The standard InChI is InChI=1S/C12H20N2S/c1-9-8-15-12(14-9)7-11(13-2)6-5-10-3-4-10/h8,10-11,13H,3-7H2,1-2H3. The van der Waals surface area contributed by atoms with E-state index in [1.54, 1.807) is 11.3 Å². The SMILES string of the molecule is CNC(CCC1CC1)Cc1nc(C)cs1. The lowest BCUT2D eigenvalue weighted by molar-refractivity contribution is 0.484. The fraction of sp³-hybridized carbons (Fsp3) is 0.750. The number of hydrogen-bond donors (Lipinski definition) is 1.